The quantitative estimate of drug-likeness (QED) is 0.0991. The van der Waals surface area contributed by atoms with E-state index in [9.17, 15) is 0 Å². The molecule has 0 radical (unpaired) electrons. The molecule has 208 valence electrons. The summed E-state index contributed by atoms with van der Waals surface area (Å²) in [5.74, 6) is 1.74. The van der Waals surface area contributed by atoms with Crippen LogP contribution in [0.1, 0.15) is 46.3 Å². The van der Waals surface area contributed by atoms with Crippen LogP contribution in [-0.2, 0) is 9.26 Å². The first-order chi connectivity index (χ1) is 18.4. The normalized spacial score (nSPS) is 20.2. The van der Waals surface area contributed by atoms with Gasteiger partial charge in [0.2, 0.25) is 5.95 Å². The number of ether oxygens (including phenoxy) is 1. The molecule has 1 aliphatic rings. The number of rotatable bonds is 14. The van der Waals surface area contributed by atoms with Crippen LogP contribution in [0.25, 0.3) is 11.2 Å². The fourth-order valence-electron chi connectivity index (χ4n) is 4.22. The standard InChI is InChI=1S/C24H36ClN8O3PS/c1-5-7-12-28-37(36-18-10-8-17(25)9-11-18)34-14-19-13-16(3)23(35-19)32-15-27-20-21(32)29-24(26)30-22(20)33(6-2)31-38-4/h8-11,15-16,19,23,28,31H,5-7,12-14H2,1-4H3,(H2,26,29,30). The number of unbranched alkanes of at least 4 members (excludes halogenated alkanes) is 1. The van der Waals surface area contributed by atoms with Gasteiger partial charge in [-0.05, 0) is 50.3 Å². The number of hydrazine groups is 1. The zero-order valence-corrected chi connectivity index (χ0v) is 24.6. The Labute approximate surface area is 234 Å². The number of benzene rings is 1. The molecule has 4 N–H and O–H groups in total. The van der Waals surface area contributed by atoms with Gasteiger partial charge >= 0.3 is 8.53 Å². The van der Waals surface area contributed by atoms with E-state index in [1.807, 2.05) is 34.9 Å². The number of nitrogen functional groups attached to an aromatic ring is 1. The SMILES string of the molecule is CCCCNP(OCC1CC(C)C(n2cnc3c(N(CC)NSC)nc(N)nc32)O1)Oc1ccc(Cl)cc1. The van der Waals surface area contributed by atoms with E-state index in [-0.39, 0.29) is 24.2 Å². The number of hydrogen-bond donors (Lipinski definition) is 3. The Bertz CT molecular complexity index is 1170. The van der Waals surface area contributed by atoms with Crippen molar-refractivity contribution in [3.05, 3.63) is 35.6 Å². The van der Waals surface area contributed by atoms with Crippen molar-refractivity contribution >= 4 is 55.0 Å². The molecule has 0 aliphatic carbocycles. The lowest BCUT2D eigenvalue weighted by Crippen LogP contribution is -2.34. The number of imidazole rings is 1. The van der Waals surface area contributed by atoms with Crippen LogP contribution in [0.5, 0.6) is 5.75 Å². The predicted octanol–water partition coefficient (Wildman–Crippen LogP) is 5.31. The Morgan fingerprint density at radius 1 is 1.29 bits per heavy atom. The second kappa shape index (κ2) is 13.9. The maximum Gasteiger partial charge on any atom is 0.318 e. The molecule has 14 heteroatoms. The van der Waals surface area contributed by atoms with Gasteiger partial charge in [-0.2, -0.15) is 14.8 Å². The lowest BCUT2D eigenvalue weighted by atomic mass is 10.1. The minimum absolute atomic E-state index is 0.108. The Balaban J connectivity index is 1.45. The highest BCUT2D eigenvalue weighted by atomic mass is 35.5. The molecule has 1 saturated heterocycles. The zero-order chi connectivity index (χ0) is 27.1. The third-order valence-electron chi connectivity index (χ3n) is 6.07. The number of nitrogens with zero attached hydrogens (tertiary/aromatic N) is 5. The smallest absolute Gasteiger partial charge is 0.318 e. The van der Waals surface area contributed by atoms with E-state index >= 15 is 0 Å². The molecule has 3 aromatic rings. The van der Waals surface area contributed by atoms with Crippen LogP contribution in [0.15, 0.2) is 30.6 Å². The average Bonchev–Trinajstić information content (AvgIpc) is 3.49. The number of fused-ring (bicyclic) bond motifs is 1. The van der Waals surface area contributed by atoms with Crippen LogP contribution in [0.4, 0.5) is 11.8 Å². The molecule has 38 heavy (non-hydrogen) atoms. The van der Waals surface area contributed by atoms with Gasteiger partial charge in [0.15, 0.2) is 17.0 Å². The summed E-state index contributed by atoms with van der Waals surface area (Å²) in [7, 11) is -1.34. The number of nitrogens with one attached hydrogen (secondary N) is 2. The van der Waals surface area contributed by atoms with Gasteiger partial charge in [-0.3, -0.25) is 9.58 Å². The molecular weight excluding hydrogens is 547 g/mol. The molecule has 0 bridgehead atoms. The van der Waals surface area contributed by atoms with Crippen molar-refractivity contribution in [1.82, 2.24) is 29.4 Å². The van der Waals surface area contributed by atoms with E-state index in [0.29, 0.717) is 40.9 Å². The van der Waals surface area contributed by atoms with E-state index < -0.39 is 8.53 Å². The van der Waals surface area contributed by atoms with Crippen molar-refractivity contribution in [2.24, 2.45) is 5.92 Å². The fraction of sp³-hybridized carbons (Fsp3) is 0.542. The monoisotopic (exact) mass is 582 g/mol. The Hall–Kier alpha value is -1.92. The number of hydrogen-bond acceptors (Lipinski definition) is 11. The van der Waals surface area contributed by atoms with E-state index in [0.717, 1.165) is 25.8 Å². The summed E-state index contributed by atoms with van der Waals surface area (Å²) in [6, 6.07) is 7.29. The molecule has 1 fully saturated rings. The molecule has 0 amide bonds. The van der Waals surface area contributed by atoms with Crippen molar-refractivity contribution in [2.75, 3.05) is 36.7 Å². The third-order valence-corrected chi connectivity index (χ3v) is 7.97. The van der Waals surface area contributed by atoms with Crippen LogP contribution in [0.2, 0.25) is 5.02 Å². The van der Waals surface area contributed by atoms with Crippen LogP contribution < -0.4 is 25.2 Å². The van der Waals surface area contributed by atoms with Crippen molar-refractivity contribution in [2.45, 2.75) is 52.4 Å². The van der Waals surface area contributed by atoms with Gasteiger partial charge < -0.3 is 19.5 Å². The number of nitrogens with two attached hydrogens (primary N) is 1. The first-order valence-corrected chi connectivity index (χ1v) is 15.5. The molecule has 1 aromatic carbocycles. The lowest BCUT2D eigenvalue weighted by molar-refractivity contribution is -0.0250. The maximum atomic E-state index is 6.46. The minimum atomic E-state index is -1.34. The molecular formula is C24H36ClN8O3PS. The van der Waals surface area contributed by atoms with Crippen LogP contribution in [-0.4, -0.2) is 51.6 Å². The highest BCUT2D eigenvalue weighted by Crippen LogP contribution is 2.40. The summed E-state index contributed by atoms with van der Waals surface area (Å²) in [6.45, 7) is 8.23. The fourth-order valence-corrected chi connectivity index (χ4v) is 5.94. The molecule has 11 nitrogen and oxygen atoms in total. The van der Waals surface area contributed by atoms with Gasteiger partial charge in [0.1, 0.15) is 12.0 Å². The largest absolute Gasteiger partial charge is 0.436 e. The van der Waals surface area contributed by atoms with Gasteiger partial charge in [0.05, 0.1) is 19.0 Å². The molecule has 4 rings (SSSR count). The Morgan fingerprint density at radius 3 is 2.79 bits per heavy atom. The average molecular weight is 583 g/mol. The lowest BCUT2D eigenvalue weighted by Gasteiger charge is -2.22. The number of halogens is 1. The first kappa shape index (κ1) is 29.1. The van der Waals surface area contributed by atoms with Crippen LogP contribution >= 0.6 is 32.1 Å². The van der Waals surface area contributed by atoms with E-state index in [4.69, 9.17) is 31.1 Å². The van der Waals surface area contributed by atoms with Gasteiger partial charge in [0.25, 0.3) is 0 Å². The Morgan fingerprint density at radius 2 is 2.08 bits per heavy atom. The molecule has 3 heterocycles. The minimum Gasteiger partial charge on any atom is -0.436 e. The van der Waals surface area contributed by atoms with E-state index in [1.165, 1.54) is 11.9 Å². The summed E-state index contributed by atoms with van der Waals surface area (Å²) in [4.78, 5) is 16.8. The van der Waals surface area contributed by atoms with Gasteiger partial charge in [-0.1, -0.05) is 43.8 Å². The summed E-state index contributed by atoms with van der Waals surface area (Å²) < 4.78 is 20.7. The van der Waals surface area contributed by atoms with Gasteiger partial charge in [-0.25, -0.2) is 10.1 Å². The summed E-state index contributed by atoms with van der Waals surface area (Å²) >= 11 is 7.49. The number of anilines is 2. The van der Waals surface area contributed by atoms with Gasteiger partial charge in [-0.15, -0.1) is 0 Å². The first-order valence-electron chi connectivity index (χ1n) is 12.7. The van der Waals surface area contributed by atoms with Gasteiger partial charge in [0, 0.05) is 24.0 Å². The van der Waals surface area contributed by atoms with Crippen molar-refractivity contribution in [3.8, 4) is 5.75 Å². The molecule has 1 aliphatic heterocycles. The van der Waals surface area contributed by atoms with Crippen LogP contribution in [0, 0.1) is 5.92 Å². The third kappa shape index (κ3) is 7.18. The van der Waals surface area contributed by atoms with Crippen molar-refractivity contribution in [3.63, 3.8) is 0 Å². The molecule has 0 saturated carbocycles. The predicted molar refractivity (Wildman–Crippen MR) is 155 cm³/mol. The van der Waals surface area contributed by atoms with Crippen molar-refractivity contribution < 1.29 is 13.8 Å². The second-order valence-electron chi connectivity index (χ2n) is 8.99. The molecule has 2 aromatic heterocycles. The summed E-state index contributed by atoms with van der Waals surface area (Å²) in [5, 5.41) is 5.95. The van der Waals surface area contributed by atoms with Crippen LogP contribution in [0.3, 0.4) is 0 Å². The zero-order valence-electron chi connectivity index (χ0n) is 22.1. The van der Waals surface area contributed by atoms with Crippen molar-refractivity contribution in [1.29, 1.82) is 0 Å². The molecule has 4 atom stereocenters. The van der Waals surface area contributed by atoms with E-state index in [1.54, 1.807) is 18.5 Å². The highest BCUT2D eigenvalue weighted by Gasteiger charge is 2.36. The highest BCUT2D eigenvalue weighted by molar-refractivity contribution is 7.96. The molecule has 0 spiro atoms. The summed E-state index contributed by atoms with van der Waals surface area (Å²) in [5.41, 5.74) is 7.40. The summed E-state index contributed by atoms with van der Waals surface area (Å²) in [6.07, 6.45) is 6.28. The number of aromatic nitrogens is 4. The second-order valence-corrected chi connectivity index (χ2v) is 11.3. The maximum absolute atomic E-state index is 6.46. The Kier molecular flexibility index (Phi) is 10.7. The topological polar surface area (TPSA) is 125 Å². The molecule has 4 unspecified atom stereocenters. The van der Waals surface area contributed by atoms with E-state index in [2.05, 4.69) is 38.7 Å².